The molecule has 0 amide bonds. The Balaban J connectivity index is 1.79. The second-order valence-electron chi connectivity index (χ2n) is 5.09. The molecule has 1 aromatic rings. The fourth-order valence-corrected chi connectivity index (χ4v) is 2.96. The maximum absolute atomic E-state index is 5.06. The average Bonchev–Trinajstić information content (AvgIpc) is 2.85. The lowest BCUT2D eigenvalue weighted by Gasteiger charge is -2.25. The number of nitrogens with zero attached hydrogens (tertiary/aromatic N) is 1. The summed E-state index contributed by atoms with van der Waals surface area (Å²) in [5.41, 5.74) is 1.42. The molecule has 1 fully saturated rings. The lowest BCUT2D eigenvalue weighted by atomic mass is 10.2. The number of likely N-dealkylation sites (tertiary alicyclic amines) is 1. The molecule has 1 atom stereocenters. The minimum Gasteiger partial charge on any atom is -0.383 e. The summed E-state index contributed by atoms with van der Waals surface area (Å²) in [5.74, 6) is 0. The zero-order valence-corrected chi connectivity index (χ0v) is 13.7. The molecule has 0 saturated carbocycles. The first kappa shape index (κ1) is 15.2. The molecule has 106 valence electrons. The molecule has 0 bridgehead atoms. The fraction of sp³-hybridized carbons (Fsp3) is 0.600. The molecule has 1 N–H and O–H groups in total. The highest BCUT2D eigenvalue weighted by Crippen LogP contribution is 2.20. The van der Waals surface area contributed by atoms with E-state index in [1.54, 1.807) is 7.11 Å². The van der Waals surface area contributed by atoms with E-state index < -0.39 is 0 Å². The van der Waals surface area contributed by atoms with Crippen molar-refractivity contribution in [3.8, 4) is 0 Å². The van der Waals surface area contributed by atoms with Crippen molar-refractivity contribution in [3.63, 3.8) is 0 Å². The largest absolute Gasteiger partial charge is 0.383 e. The van der Waals surface area contributed by atoms with Gasteiger partial charge >= 0.3 is 0 Å². The predicted molar refractivity (Wildman–Crippen MR) is 87.3 cm³/mol. The Kier molecular flexibility index (Phi) is 6.56. The van der Waals surface area contributed by atoms with Gasteiger partial charge in [-0.25, -0.2) is 0 Å². The molecule has 1 aliphatic heterocycles. The van der Waals surface area contributed by atoms with E-state index in [1.165, 1.54) is 28.5 Å². The summed E-state index contributed by atoms with van der Waals surface area (Å²) in [6.07, 6.45) is 2.63. The van der Waals surface area contributed by atoms with Crippen molar-refractivity contribution >= 4 is 22.6 Å². The van der Waals surface area contributed by atoms with Crippen LogP contribution in [0.25, 0.3) is 0 Å². The van der Waals surface area contributed by atoms with Crippen molar-refractivity contribution in [2.75, 3.05) is 33.4 Å². The van der Waals surface area contributed by atoms with Gasteiger partial charge in [0.15, 0.2) is 0 Å². The Morgan fingerprint density at radius 1 is 1.37 bits per heavy atom. The van der Waals surface area contributed by atoms with Crippen LogP contribution in [-0.4, -0.2) is 44.3 Å². The molecule has 1 saturated heterocycles. The number of ether oxygens (including phenoxy) is 1. The van der Waals surface area contributed by atoms with E-state index in [4.69, 9.17) is 4.74 Å². The Labute approximate surface area is 129 Å². The molecule has 19 heavy (non-hydrogen) atoms. The number of benzene rings is 1. The van der Waals surface area contributed by atoms with Gasteiger partial charge in [-0.05, 0) is 59.7 Å². The van der Waals surface area contributed by atoms with Gasteiger partial charge in [0.1, 0.15) is 0 Å². The van der Waals surface area contributed by atoms with E-state index in [0.29, 0.717) is 6.04 Å². The monoisotopic (exact) mass is 374 g/mol. The van der Waals surface area contributed by atoms with E-state index in [-0.39, 0.29) is 0 Å². The Hall–Kier alpha value is -0.170. The molecular weight excluding hydrogens is 351 g/mol. The van der Waals surface area contributed by atoms with E-state index >= 15 is 0 Å². The fourth-order valence-electron chi connectivity index (χ4n) is 2.60. The predicted octanol–water partition coefficient (Wildman–Crippen LogP) is 2.49. The third-order valence-electron chi connectivity index (χ3n) is 3.66. The molecule has 0 radical (unpaired) electrons. The molecule has 2 rings (SSSR count). The molecule has 3 nitrogen and oxygen atoms in total. The summed E-state index contributed by atoms with van der Waals surface area (Å²) in [4.78, 5) is 2.60. The van der Waals surface area contributed by atoms with Gasteiger partial charge in [0, 0.05) is 36.4 Å². The van der Waals surface area contributed by atoms with E-state index in [1.807, 2.05) is 0 Å². The topological polar surface area (TPSA) is 24.5 Å². The highest BCUT2D eigenvalue weighted by Gasteiger charge is 2.23. The van der Waals surface area contributed by atoms with Gasteiger partial charge in [-0.1, -0.05) is 12.1 Å². The third-order valence-corrected chi connectivity index (χ3v) is 4.38. The van der Waals surface area contributed by atoms with Gasteiger partial charge in [-0.2, -0.15) is 0 Å². The maximum Gasteiger partial charge on any atom is 0.0587 e. The number of hydrogen-bond acceptors (Lipinski definition) is 3. The van der Waals surface area contributed by atoms with Crippen LogP contribution in [-0.2, 0) is 11.3 Å². The quantitative estimate of drug-likeness (QED) is 0.586. The minimum atomic E-state index is 0.677. The second-order valence-corrected chi connectivity index (χ2v) is 6.34. The zero-order chi connectivity index (χ0) is 13.5. The second kappa shape index (κ2) is 8.19. The van der Waals surface area contributed by atoms with Crippen LogP contribution in [0.3, 0.4) is 0 Å². The first-order valence-electron chi connectivity index (χ1n) is 6.98. The number of hydrogen-bond donors (Lipinski definition) is 1. The number of methoxy groups -OCH3 is 1. The highest BCUT2D eigenvalue weighted by atomic mass is 127. The van der Waals surface area contributed by atoms with Crippen molar-refractivity contribution in [2.24, 2.45) is 0 Å². The molecule has 0 aliphatic carbocycles. The van der Waals surface area contributed by atoms with Gasteiger partial charge in [-0.3, -0.25) is 4.90 Å². The van der Waals surface area contributed by atoms with E-state index in [9.17, 15) is 0 Å². The van der Waals surface area contributed by atoms with Crippen LogP contribution < -0.4 is 5.32 Å². The van der Waals surface area contributed by atoms with Crippen molar-refractivity contribution < 1.29 is 4.74 Å². The third kappa shape index (κ3) is 5.02. The first-order chi connectivity index (χ1) is 9.29. The van der Waals surface area contributed by atoms with E-state index in [0.717, 1.165) is 26.2 Å². The van der Waals surface area contributed by atoms with Crippen LogP contribution in [0.5, 0.6) is 0 Å². The van der Waals surface area contributed by atoms with Crippen LogP contribution >= 0.6 is 22.6 Å². The van der Waals surface area contributed by atoms with E-state index in [2.05, 4.69) is 57.1 Å². The van der Waals surface area contributed by atoms with Crippen LogP contribution in [0.2, 0.25) is 0 Å². The summed E-state index contributed by atoms with van der Waals surface area (Å²) in [5, 5.41) is 3.49. The van der Waals surface area contributed by atoms with Crippen LogP contribution in [0.1, 0.15) is 18.4 Å². The van der Waals surface area contributed by atoms with Gasteiger partial charge < -0.3 is 10.1 Å². The molecule has 1 heterocycles. The van der Waals surface area contributed by atoms with Crippen molar-refractivity contribution in [1.29, 1.82) is 0 Å². The summed E-state index contributed by atoms with van der Waals surface area (Å²) in [6, 6.07) is 9.55. The SMILES string of the molecule is COCCNCC1CCCN1Cc1ccc(I)cc1. The smallest absolute Gasteiger partial charge is 0.0587 e. The molecule has 1 aliphatic rings. The van der Waals surface area contributed by atoms with Gasteiger partial charge in [0.2, 0.25) is 0 Å². The molecule has 1 aromatic carbocycles. The van der Waals surface area contributed by atoms with Crippen molar-refractivity contribution in [3.05, 3.63) is 33.4 Å². The number of halogens is 1. The standard InChI is InChI=1S/C15H23IN2O/c1-19-10-8-17-11-15-3-2-9-18(15)12-13-4-6-14(16)7-5-13/h4-7,15,17H,2-3,8-12H2,1H3. The van der Waals surface area contributed by atoms with Crippen LogP contribution in [0, 0.1) is 3.57 Å². The normalized spacial score (nSPS) is 20.0. The average molecular weight is 374 g/mol. The Bertz CT molecular complexity index is 369. The molecule has 4 heteroatoms. The van der Waals surface area contributed by atoms with Gasteiger partial charge in [0.25, 0.3) is 0 Å². The van der Waals surface area contributed by atoms with Crippen molar-refractivity contribution in [1.82, 2.24) is 10.2 Å². The molecule has 1 unspecified atom stereocenters. The number of rotatable bonds is 7. The Morgan fingerprint density at radius 2 is 2.16 bits per heavy atom. The first-order valence-corrected chi connectivity index (χ1v) is 8.05. The minimum absolute atomic E-state index is 0.677. The maximum atomic E-state index is 5.06. The highest BCUT2D eigenvalue weighted by molar-refractivity contribution is 14.1. The molecular formula is C15H23IN2O. The summed E-state index contributed by atoms with van der Waals surface area (Å²) in [7, 11) is 1.75. The Morgan fingerprint density at radius 3 is 2.89 bits per heavy atom. The lowest BCUT2D eigenvalue weighted by molar-refractivity contribution is 0.191. The summed E-state index contributed by atoms with van der Waals surface area (Å²) < 4.78 is 6.37. The van der Waals surface area contributed by atoms with Gasteiger partial charge in [-0.15, -0.1) is 0 Å². The summed E-state index contributed by atoms with van der Waals surface area (Å²) >= 11 is 2.36. The summed E-state index contributed by atoms with van der Waals surface area (Å²) in [6.45, 7) is 5.12. The van der Waals surface area contributed by atoms with Crippen molar-refractivity contribution in [2.45, 2.75) is 25.4 Å². The molecule has 0 spiro atoms. The molecule has 0 aromatic heterocycles. The lowest BCUT2D eigenvalue weighted by Crippen LogP contribution is -2.38. The van der Waals surface area contributed by atoms with Crippen LogP contribution in [0.4, 0.5) is 0 Å². The zero-order valence-electron chi connectivity index (χ0n) is 11.6. The van der Waals surface area contributed by atoms with Gasteiger partial charge in [0.05, 0.1) is 6.61 Å². The number of nitrogens with one attached hydrogen (secondary N) is 1. The van der Waals surface area contributed by atoms with Crippen LogP contribution in [0.15, 0.2) is 24.3 Å².